The molecule has 1 aromatic rings. The number of nitrogens with one attached hydrogen (secondary N) is 1. The van der Waals surface area contributed by atoms with E-state index in [0.29, 0.717) is 0 Å². The third-order valence-electron chi connectivity index (χ3n) is 2.31. The van der Waals surface area contributed by atoms with Crippen LogP contribution < -0.4 is 11.1 Å². The molecule has 6 nitrogen and oxygen atoms in total. The summed E-state index contributed by atoms with van der Waals surface area (Å²) in [4.78, 5) is 22.2. The number of carbonyl (C=O) groups excluding carboxylic acids is 1. The lowest BCUT2D eigenvalue weighted by Crippen LogP contribution is -2.37. The number of carboxylic acid groups (broad SMARTS) is 1. The van der Waals surface area contributed by atoms with Crippen molar-refractivity contribution in [3.63, 3.8) is 0 Å². The third-order valence-corrected chi connectivity index (χ3v) is 2.31. The summed E-state index contributed by atoms with van der Waals surface area (Å²) < 4.78 is 0. The highest BCUT2D eigenvalue weighted by molar-refractivity contribution is 6.01. The molecule has 0 radical (unpaired) electrons. The van der Waals surface area contributed by atoms with Crippen molar-refractivity contribution in [3.8, 4) is 5.75 Å². The highest BCUT2D eigenvalue weighted by atomic mass is 16.4. The van der Waals surface area contributed by atoms with Crippen molar-refractivity contribution in [2.24, 2.45) is 0 Å². The van der Waals surface area contributed by atoms with E-state index in [4.69, 9.17) is 10.8 Å². The van der Waals surface area contributed by atoms with E-state index in [9.17, 15) is 14.7 Å². The molecule has 1 atom stereocenters. The Kier molecular flexibility index (Phi) is 4.06. The van der Waals surface area contributed by atoms with Crippen LogP contribution in [0.1, 0.15) is 17.3 Å². The number of anilines is 1. The standard InChI is InChI=1S/C11H14N2O4/c1-6(11(16)17)13-5-9(14)7-3-2-4-8(12)10(7)15/h2-4,6,13,15H,5,12H2,1H3,(H,16,17). The quantitative estimate of drug-likeness (QED) is 0.331. The van der Waals surface area contributed by atoms with Crippen LogP contribution in [0.15, 0.2) is 18.2 Å². The van der Waals surface area contributed by atoms with Crippen molar-refractivity contribution >= 4 is 17.4 Å². The lowest BCUT2D eigenvalue weighted by molar-refractivity contribution is -0.138. The Morgan fingerprint density at radius 3 is 2.71 bits per heavy atom. The number of phenolic OH excluding ortho intramolecular Hbond substituents is 1. The van der Waals surface area contributed by atoms with Gasteiger partial charge in [0.25, 0.3) is 0 Å². The van der Waals surface area contributed by atoms with Gasteiger partial charge in [0.15, 0.2) is 5.78 Å². The van der Waals surface area contributed by atoms with Gasteiger partial charge in [-0.2, -0.15) is 0 Å². The zero-order chi connectivity index (χ0) is 13.0. The molecule has 0 aliphatic carbocycles. The molecule has 0 saturated carbocycles. The monoisotopic (exact) mass is 238 g/mol. The first kappa shape index (κ1) is 13.0. The molecule has 17 heavy (non-hydrogen) atoms. The highest BCUT2D eigenvalue weighted by Gasteiger charge is 2.16. The molecule has 0 spiro atoms. The molecule has 0 heterocycles. The summed E-state index contributed by atoms with van der Waals surface area (Å²) in [6.07, 6.45) is 0. The summed E-state index contributed by atoms with van der Waals surface area (Å²) in [5, 5.41) is 20.7. The number of nitrogen functional groups attached to an aromatic ring is 1. The van der Waals surface area contributed by atoms with Crippen molar-refractivity contribution in [3.05, 3.63) is 23.8 Å². The average Bonchev–Trinajstić information content (AvgIpc) is 2.29. The molecular formula is C11H14N2O4. The van der Waals surface area contributed by atoms with Crippen molar-refractivity contribution < 1.29 is 19.8 Å². The van der Waals surface area contributed by atoms with Gasteiger partial charge in [0, 0.05) is 0 Å². The smallest absolute Gasteiger partial charge is 0.320 e. The van der Waals surface area contributed by atoms with Crippen LogP contribution in [0.5, 0.6) is 5.75 Å². The van der Waals surface area contributed by atoms with Crippen LogP contribution in [0.2, 0.25) is 0 Å². The van der Waals surface area contributed by atoms with Crippen molar-refractivity contribution in [1.82, 2.24) is 5.32 Å². The van der Waals surface area contributed by atoms with E-state index in [2.05, 4.69) is 5.32 Å². The predicted octanol–water partition coefficient (Wildman–Crippen LogP) is 0.220. The lowest BCUT2D eigenvalue weighted by atomic mass is 10.1. The summed E-state index contributed by atoms with van der Waals surface area (Å²) in [6, 6.07) is 3.62. The van der Waals surface area contributed by atoms with E-state index in [0.717, 1.165) is 0 Å². The molecule has 0 bridgehead atoms. The van der Waals surface area contributed by atoms with Crippen LogP contribution in [-0.2, 0) is 4.79 Å². The largest absolute Gasteiger partial charge is 0.505 e. The highest BCUT2D eigenvalue weighted by Crippen LogP contribution is 2.24. The van der Waals surface area contributed by atoms with E-state index in [1.807, 2.05) is 0 Å². The van der Waals surface area contributed by atoms with Crippen molar-refractivity contribution in [2.75, 3.05) is 12.3 Å². The van der Waals surface area contributed by atoms with Crippen LogP contribution >= 0.6 is 0 Å². The number of carbonyl (C=O) groups is 2. The summed E-state index contributed by atoms with van der Waals surface area (Å²) in [5.74, 6) is -1.74. The van der Waals surface area contributed by atoms with Gasteiger partial charge >= 0.3 is 5.97 Å². The number of aromatic hydroxyl groups is 1. The van der Waals surface area contributed by atoms with E-state index in [1.165, 1.54) is 19.1 Å². The molecule has 0 aliphatic heterocycles. The summed E-state index contributed by atoms with van der Waals surface area (Å²) in [5.41, 5.74) is 5.64. The molecule has 92 valence electrons. The first-order valence-electron chi connectivity index (χ1n) is 5.00. The van der Waals surface area contributed by atoms with Gasteiger partial charge in [0.1, 0.15) is 11.8 Å². The Bertz CT molecular complexity index is 445. The fourth-order valence-corrected chi connectivity index (χ4v) is 1.21. The third kappa shape index (κ3) is 3.18. The first-order chi connectivity index (χ1) is 7.93. The van der Waals surface area contributed by atoms with Gasteiger partial charge < -0.3 is 15.9 Å². The number of ketones is 1. The van der Waals surface area contributed by atoms with Crippen LogP contribution in [0.25, 0.3) is 0 Å². The molecular weight excluding hydrogens is 224 g/mol. The number of carboxylic acids is 1. The van der Waals surface area contributed by atoms with Crippen LogP contribution in [0.3, 0.4) is 0 Å². The Morgan fingerprint density at radius 1 is 1.47 bits per heavy atom. The molecule has 0 amide bonds. The van der Waals surface area contributed by atoms with Gasteiger partial charge in [0.2, 0.25) is 0 Å². The number of benzene rings is 1. The summed E-state index contributed by atoms with van der Waals surface area (Å²) in [7, 11) is 0. The molecule has 5 N–H and O–H groups in total. The van der Waals surface area contributed by atoms with Crippen LogP contribution in [-0.4, -0.2) is 34.6 Å². The Balaban J connectivity index is 2.71. The topological polar surface area (TPSA) is 113 Å². The van der Waals surface area contributed by atoms with Gasteiger partial charge in [-0.3, -0.25) is 14.9 Å². The van der Waals surface area contributed by atoms with Crippen molar-refractivity contribution in [2.45, 2.75) is 13.0 Å². The number of para-hydroxylation sites is 1. The second kappa shape index (κ2) is 5.31. The maximum Gasteiger partial charge on any atom is 0.320 e. The van der Waals surface area contributed by atoms with Crippen LogP contribution in [0.4, 0.5) is 5.69 Å². The number of rotatable bonds is 5. The minimum absolute atomic E-state index is 0.0788. The van der Waals surface area contributed by atoms with Gasteiger partial charge in [-0.05, 0) is 19.1 Å². The molecule has 0 aromatic heterocycles. The number of hydrogen-bond acceptors (Lipinski definition) is 5. The molecule has 1 aromatic carbocycles. The summed E-state index contributed by atoms with van der Waals surface area (Å²) >= 11 is 0. The second-order valence-electron chi connectivity index (χ2n) is 3.61. The number of phenols is 1. The molecule has 0 aliphatic rings. The lowest BCUT2D eigenvalue weighted by Gasteiger charge is -2.09. The molecule has 1 rings (SSSR count). The van der Waals surface area contributed by atoms with E-state index in [-0.39, 0.29) is 23.5 Å². The first-order valence-corrected chi connectivity index (χ1v) is 5.00. The zero-order valence-corrected chi connectivity index (χ0v) is 9.30. The minimum Gasteiger partial charge on any atom is -0.505 e. The molecule has 0 saturated heterocycles. The fraction of sp³-hybridized carbons (Fsp3) is 0.273. The Labute approximate surface area is 98.1 Å². The average molecular weight is 238 g/mol. The SMILES string of the molecule is CC(NCC(=O)c1cccc(N)c1O)C(=O)O. The fourth-order valence-electron chi connectivity index (χ4n) is 1.21. The van der Waals surface area contributed by atoms with E-state index in [1.54, 1.807) is 6.07 Å². The number of Topliss-reactive ketones (excluding diaryl/α,β-unsaturated/α-hetero) is 1. The van der Waals surface area contributed by atoms with E-state index >= 15 is 0 Å². The predicted molar refractivity (Wildman–Crippen MR) is 62.0 cm³/mol. The van der Waals surface area contributed by atoms with Gasteiger partial charge in [0.05, 0.1) is 17.8 Å². The number of aliphatic carboxylic acids is 1. The minimum atomic E-state index is -1.05. The van der Waals surface area contributed by atoms with Crippen molar-refractivity contribution in [1.29, 1.82) is 0 Å². The normalized spacial score (nSPS) is 12.1. The maximum absolute atomic E-state index is 11.7. The molecule has 1 unspecified atom stereocenters. The maximum atomic E-state index is 11.7. The zero-order valence-electron chi connectivity index (χ0n) is 9.30. The number of hydrogen-bond donors (Lipinski definition) is 4. The Morgan fingerprint density at radius 2 is 2.12 bits per heavy atom. The van der Waals surface area contributed by atoms with E-state index < -0.39 is 17.8 Å². The van der Waals surface area contributed by atoms with Gasteiger partial charge in [-0.25, -0.2) is 0 Å². The Hall–Kier alpha value is -2.08. The molecule has 0 fully saturated rings. The van der Waals surface area contributed by atoms with Gasteiger partial charge in [-0.1, -0.05) is 6.07 Å². The second-order valence-corrected chi connectivity index (χ2v) is 3.61. The molecule has 6 heteroatoms. The summed E-state index contributed by atoms with van der Waals surface area (Å²) in [6.45, 7) is 1.25. The number of nitrogens with two attached hydrogens (primary N) is 1. The van der Waals surface area contributed by atoms with Crippen LogP contribution in [0, 0.1) is 0 Å². The van der Waals surface area contributed by atoms with Gasteiger partial charge in [-0.15, -0.1) is 0 Å².